The molecule has 1 aromatic carbocycles. The summed E-state index contributed by atoms with van der Waals surface area (Å²) < 4.78 is 5.30. The molecule has 100 valence electrons. The highest BCUT2D eigenvalue weighted by molar-refractivity contribution is 6.16. The van der Waals surface area contributed by atoms with Gasteiger partial charge in [-0.3, -0.25) is 4.79 Å². The molecule has 1 atom stereocenters. The van der Waals surface area contributed by atoms with Crippen LogP contribution in [0.5, 0.6) is 0 Å². The minimum Gasteiger partial charge on any atom is -0.455 e. The number of hydrogen-bond donors (Lipinski definition) is 1. The Morgan fingerprint density at radius 1 is 1.26 bits per heavy atom. The molecule has 0 bridgehead atoms. The second kappa shape index (κ2) is 6.43. The third-order valence-electron chi connectivity index (χ3n) is 2.78. The van der Waals surface area contributed by atoms with Crippen LogP contribution in [0.2, 0.25) is 0 Å². The number of rotatable bonds is 5. The number of carbonyl (C=O) groups excluding carboxylic acids is 1. The third kappa shape index (κ3) is 3.86. The average molecular weight is 278 g/mol. The Bertz CT molecular complexity index is 536. The summed E-state index contributed by atoms with van der Waals surface area (Å²) in [5.74, 6) is 0.963. The molecular weight excluding hydrogens is 262 g/mol. The van der Waals surface area contributed by atoms with Gasteiger partial charge in [-0.05, 0) is 31.0 Å². The van der Waals surface area contributed by atoms with E-state index in [2.05, 4.69) is 5.32 Å². The number of hydrogen-bond acceptors (Lipinski definition) is 2. The maximum Gasteiger partial charge on any atom is 0.287 e. The maximum absolute atomic E-state index is 11.9. The van der Waals surface area contributed by atoms with Crippen molar-refractivity contribution < 1.29 is 9.21 Å². The van der Waals surface area contributed by atoms with Crippen LogP contribution in [-0.4, -0.2) is 11.9 Å². The van der Waals surface area contributed by atoms with Crippen molar-refractivity contribution in [1.82, 2.24) is 5.32 Å². The number of alkyl halides is 1. The lowest BCUT2D eigenvalue weighted by molar-refractivity contribution is 0.0910. The lowest BCUT2D eigenvalue weighted by atomic mass is 10.1. The van der Waals surface area contributed by atoms with Crippen LogP contribution in [0.15, 0.2) is 46.9 Å². The van der Waals surface area contributed by atoms with E-state index in [1.54, 1.807) is 12.1 Å². The summed E-state index contributed by atoms with van der Waals surface area (Å²) in [4.78, 5) is 11.9. The summed E-state index contributed by atoms with van der Waals surface area (Å²) in [5.41, 5.74) is 1.19. The first-order chi connectivity index (χ1) is 9.19. The Balaban J connectivity index is 1.91. The Morgan fingerprint density at radius 2 is 2.00 bits per heavy atom. The summed E-state index contributed by atoms with van der Waals surface area (Å²) in [6.45, 7) is 1.97. The molecule has 3 nitrogen and oxygen atoms in total. The molecule has 2 rings (SSSR count). The molecule has 0 aliphatic carbocycles. The van der Waals surface area contributed by atoms with Gasteiger partial charge in [-0.1, -0.05) is 30.3 Å². The average Bonchev–Trinajstić information content (AvgIpc) is 2.88. The van der Waals surface area contributed by atoms with Gasteiger partial charge in [0.25, 0.3) is 5.91 Å². The molecule has 4 heteroatoms. The molecular formula is C15H16ClNO2. The predicted molar refractivity (Wildman–Crippen MR) is 75.3 cm³/mol. The van der Waals surface area contributed by atoms with Gasteiger partial charge < -0.3 is 9.73 Å². The van der Waals surface area contributed by atoms with Crippen molar-refractivity contribution in [3.63, 3.8) is 0 Å². The molecule has 0 fully saturated rings. The minimum absolute atomic E-state index is 0.0412. The minimum atomic E-state index is -0.209. The van der Waals surface area contributed by atoms with Crippen LogP contribution < -0.4 is 5.32 Å². The molecule has 2 aromatic rings. The lowest BCUT2D eigenvalue weighted by Gasteiger charge is -2.12. The van der Waals surface area contributed by atoms with E-state index in [4.69, 9.17) is 16.0 Å². The topological polar surface area (TPSA) is 42.2 Å². The quantitative estimate of drug-likeness (QED) is 0.852. The van der Waals surface area contributed by atoms with Gasteiger partial charge in [0.2, 0.25) is 0 Å². The highest BCUT2D eigenvalue weighted by Gasteiger charge is 2.13. The SMILES string of the molecule is CC(Cc1ccccc1)NC(=O)c1ccc(CCl)o1. The smallest absolute Gasteiger partial charge is 0.287 e. The summed E-state index contributed by atoms with van der Waals surface area (Å²) in [5, 5.41) is 2.91. The fraction of sp³-hybridized carbons (Fsp3) is 0.267. The van der Waals surface area contributed by atoms with Gasteiger partial charge in [0.15, 0.2) is 5.76 Å². The van der Waals surface area contributed by atoms with Crippen molar-refractivity contribution in [2.75, 3.05) is 0 Å². The van der Waals surface area contributed by atoms with Crippen LogP contribution in [0.4, 0.5) is 0 Å². The van der Waals surface area contributed by atoms with E-state index in [0.717, 1.165) is 6.42 Å². The van der Waals surface area contributed by atoms with Gasteiger partial charge in [-0.2, -0.15) is 0 Å². The summed E-state index contributed by atoms with van der Waals surface area (Å²) in [7, 11) is 0. The number of halogens is 1. The maximum atomic E-state index is 11.9. The first-order valence-corrected chi connectivity index (χ1v) is 6.72. The second-order valence-electron chi connectivity index (χ2n) is 4.46. The second-order valence-corrected chi connectivity index (χ2v) is 4.73. The monoisotopic (exact) mass is 277 g/mol. The van der Waals surface area contributed by atoms with Crippen LogP contribution in [0, 0.1) is 0 Å². The largest absolute Gasteiger partial charge is 0.455 e. The predicted octanol–water partition coefficient (Wildman–Crippen LogP) is 3.38. The van der Waals surface area contributed by atoms with Gasteiger partial charge in [0.05, 0.1) is 5.88 Å². The Labute approximate surface area is 117 Å². The van der Waals surface area contributed by atoms with Crippen molar-refractivity contribution in [3.8, 4) is 0 Å². The summed E-state index contributed by atoms with van der Waals surface area (Å²) in [6, 6.07) is 13.4. The van der Waals surface area contributed by atoms with Crippen LogP contribution >= 0.6 is 11.6 Å². The van der Waals surface area contributed by atoms with Crippen molar-refractivity contribution in [1.29, 1.82) is 0 Å². The van der Waals surface area contributed by atoms with Gasteiger partial charge >= 0.3 is 0 Å². The van der Waals surface area contributed by atoms with E-state index in [1.807, 2.05) is 37.3 Å². The lowest BCUT2D eigenvalue weighted by Crippen LogP contribution is -2.33. The molecule has 1 N–H and O–H groups in total. The molecule has 19 heavy (non-hydrogen) atoms. The zero-order chi connectivity index (χ0) is 13.7. The number of benzene rings is 1. The first-order valence-electron chi connectivity index (χ1n) is 6.18. The van der Waals surface area contributed by atoms with Crippen molar-refractivity contribution >= 4 is 17.5 Å². The van der Waals surface area contributed by atoms with Crippen molar-refractivity contribution in [2.24, 2.45) is 0 Å². The van der Waals surface area contributed by atoms with Crippen molar-refractivity contribution in [3.05, 3.63) is 59.5 Å². The third-order valence-corrected chi connectivity index (χ3v) is 3.04. The molecule has 1 unspecified atom stereocenters. The zero-order valence-corrected chi connectivity index (χ0v) is 11.5. The Hall–Kier alpha value is -1.74. The fourth-order valence-electron chi connectivity index (χ4n) is 1.89. The molecule has 0 saturated heterocycles. The molecule has 1 aromatic heterocycles. The van der Waals surface area contributed by atoms with Gasteiger partial charge in [0, 0.05) is 6.04 Å². The van der Waals surface area contributed by atoms with E-state index in [1.165, 1.54) is 5.56 Å². The molecule has 0 aliphatic heterocycles. The van der Waals surface area contributed by atoms with E-state index < -0.39 is 0 Å². The molecule has 0 aliphatic rings. The molecule has 1 heterocycles. The number of furan rings is 1. The molecule has 1 amide bonds. The standard InChI is InChI=1S/C15H16ClNO2/c1-11(9-12-5-3-2-4-6-12)17-15(18)14-8-7-13(10-16)19-14/h2-8,11H,9-10H2,1H3,(H,17,18). The van der Waals surface area contributed by atoms with E-state index in [-0.39, 0.29) is 17.8 Å². The highest BCUT2D eigenvalue weighted by atomic mass is 35.5. The Morgan fingerprint density at radius 3 is 2.63 bits per heavy atom. The fourth-order valence-corrected chi connectivity index (χ4v) is 2.03. The summed E-state index contributed by atoms with van der Waals surface area (Å²) in [6.07, 6.45) is 0.787. The first kappa shape index (κ1) is 13.7. The van der Waals surface area contributed by atoms with Crippen LogP contribution in [0.25, 0.3) is 0 Å². The molecule has 0 saturated carbocycles. The van der Waals surface area contributed by atoms with E-state index in [9.17, 15) is 4.79 Å². The number of amides is 1. The Kier molecular flexibility index (Phi) is 4.63. The van der Waals surface area contributed by atoms with E-state index >= 15 is 0 Å². The van der Waals surface area contributed by atoms with E-state index in [0.29, 0.717) is 11.5 Å². The van der Waals surface area contributed by atoms with Gasteiger partial charge in [-0.15, -0.1) is 11.6 Å². The van der Waals surface area contributed by atoms with Gasteiger partial charge in [0.1, 0.15) is 5.76 Å². The number of carbonyl (C=O) groups is 1. The summed E-state index contributed by atoms with van der Waals surface area (Å²) >= 11 is 5.63. The highest BCUT2D eigenvalue weighted by Crippen LogP contribution is 2.10. The van der Waals surface area contributed by atoms with Crippen LogP contribution in [0.3, 0.4) is 0 Å². The van der Waals surface area contributed by atoms with Crippen LogP contribution in [-0.2, 0) is 12.3 Å². The van der Waals surface area contributed by atoms with Gasteiger partial charge in [-0.25, -0.2) is 0 Å². The number of nitrogens with one attached hydrogen (secondary N) is 1. The van der Waals surface area contributed by atoms with Crippen molar-refractivity contribution in [2.45, 2.75) is 25.3 Å². The van der Waals surface area contributed by atoms with Crippen LogP contribution in [0.1, 0.15) is 28.8 Å². The molecule has 0 radical (unpaired) electrons. The molecule has 0 spiro atoms. The zero-order valence-electron chi connectivity index (χ0n) is 10.7. The normalized spacial score (nSPS) is 12.1.